The van der Waals surface area contributed by atoms with E-state index in [9.17, 15) is 4.39 Å². The lowest BCUT2D eigenvalue weighted by Crippen LogP contribution is -2.23. The molecule has 1 aromatic carbocycles. The van der Waals surface area contributed by atoms with Crippen LogP contribution in [-0.4, -0.2) is 8.32 Å². The van der Waals surface area contributed by atoms with Gasteiger partial charge in [-0.15, -0.1) is 0 Å². The van der Waals surface area contributed by atoms with Gasteiger partial charge in [-0.05, 0) is 49.5 Å². The largest absolute Gasteiger partial charge is 0.542 e. The molecule has 4 heteroatoms. The second-order valence-electron chi connectivity index (χ2n) is 5.71. The molecule has 0 aliphatic carbocycles. The highest BCUT2D eigenvalue weighted by Gasteiger charge is 2.19. The van der Waals surface area contributed by atoms with E-state index in [2.05, 4.69) is 26.2 Å². The fourth-order valence-electron chi connectivity index (χ4n) is 1.85. The molecule has 0 radical (unpaired) electrons. The van der Waals surface area contributed by atoms with Gasteiger partial charge in [-0.1, -0.05) is 18.7 Å². The van der Waals surface area contributed by atoms with Gasteiger partial charge in [0.2, 0.25) is 8.32 Å². The average Bonchev–Trinajstić information content (AvgIpc) is 2.79. The van der Waals surface area contributed by atoms with Crippen molar-refractivity contribution in [2.75, 3.05) is 0 Å². The van der Waals surface area contributed by atoms with Gasteiger partial charge in [-0.25, -0.2) is 4.39 Å². The smallest absolute Gasteiger partial charge is 0.242 e. The number of hydrogen-bond acceptors (Lipinski definition) is 2. The predicted molar refractivity (Wildman–Crippen MR) is 81.4 cm³/mol. The Morgan fingerprint density at radius 3 is 2.40 bits per heavy atom. The van der Waals surface area contributed by atoms with Crippen LogP contribution in [0.1, 0.15) is 17.1 Å². The molecule has 0 aliphatic heterocycles. The van der Waals surface area contributed by atoms with E-state index in [1.807, 2.05) is 12.1 Å². The Bertz CT molecular complexity index is 594. The first kappa shape index (κ1) is 14.6. The summed E-state index contributed by atoms with van der Waals surface area (Å²) in [5, 5.41) is 0. The molecule has 0 bridgehead atoms. The minimum absolute atomic E-state index is 0.231. The molecule has 0 aliphatic rings. The van der Waals surface area contributed by atoms with Gasteiger partial charge in [0.1, 0.15) is 17.3 Å². The minimum Gasteiger partial charge on any atom is -0.542 e. The summed E-state index contributed by atoms with van der Waals surface area (Å²) >= 11 is 0. The van der Waals surface area contributed by atoms with Gasteiger partial charge in [-0.2, -0.15) is 0 Å². The molecule has 1 aromatic heterocycles. The molecule has 0 saturated heterocycles. The van der Waals surface area contributed by atoms with E-state index < -0.39 is 8.32 Å². The van der Waals surface area contributed by atoms with Crippen molar-refractivity contribution in [2.24, 2.45) is 0 Å². The zero-order chi connectivity index (χ0) is 14.8. The van der Waals surface area contributed by atoms with E-state index in [1.54, 1.807) is 12.1 Å². The summed E-state index contributed by atoms with van der Waals surface area (Å²) in [6, 6.07) is 10.2. The monoisotopic (exact) mass is 290 g/mol. The third-order valence-electron chi connectivity index (χ3n) is 2.66. The fraction of sp³-hybridized carbons (Fsp3) is 0.250. The van der Waals surface area contributed by atoms with Crippen molar-refractivity contribution in [3.05, 3.63) is 65.9 Å². The summed E-state index contributed by atoms with van der Waals surface area (Å²) in [5.74, 6) is 1.82. The zero-order valence-electron chi connectivity index (χ0n) is 12.1. The van der Waals surface area contributed by atoms with Crippen molar-refractivity contribution < 1.29 is 13.2 Å². The summed E-state index contributed by atoms with van der Waals surface area (Å²) in [4.78, 5) is 0. The topological polar surface area (TPSA) is 22.4 Å². The van der Waals surface area contributed by atoms with Gasteiger partial charge in [0, 0.05) is 6.42 Å². The molecule has 0 fully saturated rings. The Kier molecular flexibility index (Phi) is 4.14. The quantitative estimate of drug-likeness (QED) is 0.581. The Balaban J connectivity index is 2.05. The summed E-state index contributed by atoms with van der Waals surface area (Å²) in [7, 11) is -1.68. The second kappa shape index (κ2) is 5.67. The van der Waals surface area contributed by atoms with Crippen LogP contribution in [-0.2, 0) is 10.8 Å². The third-order valence-corrected chi connectivity index (χ3v) is 3.52. The summed E-state index contributed by atoms with van der Waals surface area (Å²) < 4.78 is 24.4. The van der Waals surface area contributed by atoms with Crippen LogP contribution in [0.15, 0.2) is 47.4 Å². The molecule has 0 atom stereocenters. The summed E-state index contributed by atoms with van der Waals surface area (Å²) in [5.41, 5.74) is 1.00. The Morgan fingerprint density at radius 1 is 1.15 bits per heavy atom. The number of benzene rings is 1. The van der Waals surface area contributed by atoms with Crippen LogP contribution < -0.4 is 0 Å². The number of hydrogen-bond donors (Lipinski definition) is 0. The molecular weight excluding hydrogens is 271 g/mol. The minimum atomic E-state index is -1.68. The van der Waals surface area contributed by atoms with Crippen LogP contribution >= 0.6 is 0 Å². The van der Waals surface area contributed by atoms with Crippen LogP contribution in [0, 0.1) is 5.82 Å². The Labute approximate surface area is 120 Å². The lowest BCUT2D eigenvalue weighted by molar-refractivity contribution is 0.449. The maximum atomic E-state index is 12.8. The number of furan rings is 1. The molecule has 0 spiro atoms. The van der Waals surface area contributed by atoms with Gasteiger partial charge in [-0.3, -0.25) is 0 Å². The van der Waals surface area contributed by atoms with E-state index in [1.165, 1.54) is 12.1 Å². The molecule has 0 saturated carbocycles. The van der Waals surface area contributed by atoms with Crippen molar-refractivity contribution in [1.29, 1.82) is 0 Å². The molecule has 0 amide bonds. The van der Waals surface area contributed by atoms with Crippen LogP contribution in [0.4, 0.5) is 4.39 Å². The van der Waals surface area contributed by atoms with Gasteiger partial charge < -0.3 is 8.84 Å². The van der Waals surface area contributed by atoms with Crippen LogP contribution in [0.5, 0.6) is 0 Å². The molecular formula is C16H19FO2Si. The molecule has 0 N–H and O–H groups in total. The second-order valence-corrected chi connectivity index (χ2v) is 10.1. The highest BCUT2D eigenvalue weighted by molar-refractivity contribution is 6.70. The molecule has 2 nitrogen and oxygen atoms in total. The summed E-state index contributed by atoms with van der Waals surface area (Å²) in [6.07, 6.45) is 0.626. The third kappa shape index (κ3) is 4.10. The molecule has 2 aromatic rings. The molecule has 1 heterocycles. The Morgan fingerprint density at radius 2 is 1.80 bits per heavy atom. The van der Waals surface area contributed by atoms with Gasteiger partial charge >= 0.3 is 0 Å². The van der Waals surface area contributed by atoms with Gasteiger partial charge in [0.05, 0.1) is 0 Å². The highest BCUT2D eigenvalue weighted by Crippen LogP contribution is 2.22. The fourth-order valence-corrected chi connectivity index (χ4v) is 2.69. The van der Waals surface area contributed by atoms with E-state index in [4.69, 9.17) is 8.84 Å². The first-order valence-corrected chi connectivity index (χ1v) is 9.96. The lowest BCUT2D eigenvalue weighted by Gasteiger charge is -2.19. The van der Waals surface area contributed by atoms with Crippen molar-refractivity contribution in [3.8, 4) is 0 Å². The first-order valence-electron chi connectivity index (χ1n) is 6.55. The van der Waals surface area contributed by atoms with Crippen molar-refractivity contribution >= 4 is 14.1 Å². The molecule has 106 valence electrons. The number of rotatable bonds is 5. The molecule has 0 unspecified atom stereocenters. The lowest BCUT2D eigenvalue weighted by atomic mass is 10.1. The first-order chi connectivity index (χ1) is 9.33. The van der Waals surface area contributed by atoms with Gasteiger partial charge in [0.25, 0.3) is 0 Å². The van der Waals surface area contributed by atoms with Crippen molar-refractivity contribution in [3.63, 3.8) is 0 Å². The van der Waals surface area contributed by atoms with E-state index >= 15 is 0 Å². The maximum absolute atomic E-state index is 12.8. The standard InChI is InChI=1S/C16H19FO2Si/c1-12(19-20(2,3)4)16-10-9-15(18-16)11-13-5-7-14(17)8-6-13/h5-10H,1,11H2,2-4H3. The van der Waals surface area contributed by atoms with E-state index in [0.29, 0.717) is 17.9 Å². The van der Waals surface area contributed by atoms with E-state index in [-0.39, 0.29) is 5.82 Å². The van der Waals surface area contributed by atoms with E-state index in [0.717, 1.165) is 11.3 Å². The normalized spacial score (nSPS) is 11.4. The average molecular weight is 290 g/mol. The summed E-state index contributed by atoms with van der Waals surface area (Å²) in [6.45, 7) is 10.2. The van der Waals surface area contributed by atoms with Crippen LogP contribution in [0.2, 0.25) is 19.6 Å². The highest BCUT2D eigenvalue weighted by atomic mass is 28.4. The Hall–Kier alpha value is -1.81. The molecule has 2 rings (SSSR count). The maximum Gasteiger partial charge on any atom is 0.242 e. The predicted octanol–water partition coefficient (Wildman–Crippen LogP) is 4.83. The van der Waals surface area contributed by atoms with Crippen LogP contribution in [0.25, 0.3) is 5.76 Å². The SMILES string of the molecule is C=C(O[Si](C)(C)C)c1ccc(Cc2ccc(F)cc2)o1. The number of halogens is 1. The van der Waals surface area contributed by atoms with Crippen molar-refractivity contribution in [1.82, 2.24) is 0 Å². The van der Waals surface area contributed by atoms with Crippen LogP contribution in [0.3, 0.4) is 0 Å². The molecule has 20 heavy (non-hydrogen) atoms. The van der Waals surface area contributed by atoms with Crippen molar-refractivity contribution in [2.45, 2.75) is 26.1 Å². The zero-order valence-corrected chi connectivity index (χ0v) is 13.1. The van der Waals surface area contributed by atoms with Gasteiger partial charge in [0.15, 0.2) is 5.76 Å².